The summed E-state index contributed by atoms with van der Waals surface area (Å²) >= 11 is 12.5. The molecule has 1 aliphatic carbocycles. The van der Waals surface area contributed by atoms with Gasteiger partial charge in [0.1, 0.15) is 11.5 Å². The van der Waals surface area contributed by atoms with Gasteiger partial charge in [-0.05, 0) is 31.0 Å². The molecular weight excluding hydrogens is 333 g/mol. The van der Waals surface area contributed by atoms with E-state index in [2.05, 4.69) is 10.3 Å². The Labute approximate surface area is 144 Å². The lowest BCUT2D eigenvalue weighted by atomic mass is 9.95. The number of hydrogen-bond acceptors (Lipinski definition) is 3. The highest BCUT2D eigenvalue weighted by atomic mass is 35.5. The summed E-state index contributed by atoms with van der Waals surface area (Å²) in [6.45, 7) is 0. The predicted octanol–water partition coefficient (Wildman–Crippen LogP) is 5.65. The molecule has 0 amide bonds. The van der Waals surface area contributed by atoms with Crippen LogP contribution in [0.25, 0.3) is 17.1 Å². The minimum Gasteiger partial charge on any atom is -0.463 e. The van der Waals surface area contributed by atoms with Crippen molar-refractivity contribution in [1.82, 2.24) is 9.38 Å². The van der Waals surface area contributed by atoms with Gasteiger partial charge in [0.25, 0.3) is 0 Å². The summed E-state index contributed by atoms with van der Waals surface area (Å²) in [6, 6.07) is 5.92. The molecule has 0 unspecified atom stereocenters. The van der Waals surface area contributed by atoms with Gasteiger partial charge in [-0.1, -0.05) is 42.5 Å². The standard InChI is InChI=1S/C17H17Cl2N3O/c18-11-9-13(19)16-21-15(14-7-4-8-23-14)17(22(16)10-11)20-12-5-2-1-3-6-12/h4,7-10,12,20H,1-3,5-6H2. The number of aromatic nitrogens is 2. The van der Waals surface area contributed by atoms with Crippen molar-refractivity contribution in [2.75, 3.05) is 5.32 Å². The number of nitrogens with zero attached hydrogens (tertiary/aromatic N) is 2. The van der Waals surface area contributed by atoms with Crippen molar-refractivity contribution in [2.45, 2.75) is 38.1 Å². The molecule has 1 aliphatic rings. The molecule has 0 spiro atoms. The van der Waals surface area contributed by atoms with Gasteiger partial charge in [0.15, 0.2) is 11.4 Å². The van der Waals surface area contributed by atoms with E-state index in [9.17, 15) is 0 Å². The van der Waals surface area contributed by atoms with Crippen LogP contribution >= 0.6 is 23.2 Å². The first-order chi connectivity index (χ1) is 11.2. The average Bonchev–Trinajstić information content (AvgIpc) is 3.17. The molecule has 4 nitrogen and oxygen atoms in total. The number of fused-ring (bicyclic) bond motifs is 1. The van der Waals surface area contributed by atoms with Crippen LogP contribution in [0.3, 0.4) is 0 Å². The molecule has 0 radical (unpaired) electrons. The summed E-state index contributed by atoms with van der Waals surface area (Å²) in [7, 11) is 0. The molecule has 3 aromatic rings. The van der Waals surface area contributed by atoms with Crippen LogP contribution in [0.5, 0.6) is 0 Å². The van der Waals surface area contributed by atoms with E-state index in [1.807, 2.05) is 22.7 Å². The zero-order valence-electron chi connectivity index (χ0n) is 12.6. The first kappa shape index (κ1) is 14.9. The van der Waals surface area contributed by atoms with Crippen LogP contribution < -0.4 is 5.32 Å². The first-order valence-electron chi connectivity index (χ1n) is 7.90. The van der Waals surface area contributed by atoms with Crippen molar-refractivity contribution in [1.29, 1.82) is 0 Å². The molecule has 1 N–H and O–H groups in total. The fraction of sp³-hybridized carbons (Fsp3) is 0.353. The second-order valence-electron chi connectivity index (χ2n) is 5.97. The number of furan rings is 1. The van der Waals surface area contributed by atoms with E-state index in [1.165, 1.54) is 32.1 Å². The molecule has 1 fully saturated rings. The molecule has 3 aromatic heterocycles. The quantitative estimate of drug-likeness (QED) is 0.664. The number of halogens is 2. The third kappa shape index (κ3) is 2.81. The van der Waals surface area contributed by atoms with E-state index in [-0.39, 0.29) is 0 Å². The van der Waals surface area contributed by atoms with Crippen molar-refractivity contribution < 1.29 is 4.42 Å². The zero-order chi connectivity index (χ0) is 15.8. The Hall–Kier alpha value is -1.65. The molecule has 4 rings (SSSR count). The third-order valence-corrected chi connectivity index (χ3v) is 4.83. The molecule has 3 heterocycles. The number of nitrogens with one attached hydrogen (secondary N) is 1. The minimum absolute atomic E-state index is 0.440. The Morgan fingerprint density at radius 1 is 1.22 bits per heavy atom. The lowest BCUT2D eigenvalue weighted by Crippen LogP contribution is -2.23. The smallest absolute Gasteiger partial charge is 0.158 e. The van der Waals surface area contributed by atoms with Crippen molar-refractivity contribution in [3.05, 3.63) is 40.7 Å². The van der Waals surface area contributed by atoms with E-state index in [0.717, 1.165) is 17.3 Å². The fourth-order valence-corrected chi connectivity index (χ4v) is 3.75. The van der Waals surface area contributed by atoms with Gasteiger partial charge in [-0.2, -0.15) is 0 Å². The van der Waals surface area contributed by atoms with Crippen LogP contribution in [0.2, 0.25) is 10.0 Å². The predicted molar refractivity (Wildman–Crippen MR) is 93.4 cm³/mol. The SMILES string of the molecule is Clc1cc(Cl)c2nc(-c3ccco3)c(NC3CCCCC3)n2c1. The zero-order valence-corrected chi connectivity index (χ0v) is 14.1. The van der Waals surface area contributed by atoms with Gasteiger partial charge in [-0.3, -0.25) is 4.40 Å². The van der Waals surface area contributed by atoms with Crippen LogP contribution in [0, 0.1) is 0 Å². The van der Waals surface area contributed by atoms with Crippen LogP contribution in [-0.2, 0) is 0 Å². The fourth-order valence-electron chi connectivity index (χ4n) is 3.24. The normalized spacial score (nSPS) is 16.1. The number of pyridine rings is 1. The van der Waals surface area contributed by atoms with Crippen molar-refractivity contribution in [3.8, 4) is 11.5 Å². The topological polar surface area (TPSA) is 42.5 Å². The monoisotopic (exact) mass is 349 g/mol. The third-order valence-electron chi connectivity index (χ3n) is 4.34. The summed E-state index contributed by atoms with van der Waals surface area (Å²) in [5.74, 6) is 1.62. The van der Waals surface area contributed by atoms with Crippen molar-refractivity contribution in [2.24, 2.45) is 0 Å². The Kier molecular flexibility index (Phi) is 3.95. The van der Waals surface area contributed by atoms with Gasteiger partial charge in [-0.15, -0.1) is 0 Å². The van der Waals surface area contributed by atoms with Crippen LogP contribution in [0.4, 0.5) is 5.82 Å². The average molecular weight is 350 g/mol. The minimum atomic E-state index is 0.440. The molecule has 0 aliphatic heterocycles. The molecule has 1 saturated carbocycles. The van der Waals surface area contributed by atoms with E-state index in [4.69, 9.17) is 27.6 Å². The van der Waals surface area contributed by atoms with E-state index < -0.39 is 0 Å². The van der Waals surface area contributed by atoms with Gasteiger partial charge in [-0.25, -0.2) is 4.98 Å². The largest absolute Gasteiger partial charge is 0.463 e. The Morgan fingerprint density at radius 2 is 2.04 bits per heavy atom. The van der Waals surface area contributed by atoms with E-state index in [0.29, 0.717) is 21.7 Å². The van der Waals surface area contributed by atoms with E-state index >= 15 is 0 Å². The highest BCUT2D eigenvalue weighted by Gasteiger charge is 2.22. The number of anilines is 1. The van der Waals surface area contributed by atoms with Gasteiger partial charge in [0.05, 0.1) is 16.3 Å². The maximum absolute atomic E-state index is 6.33. The second kappa shape index (κ2) is 6.10. The van der Waals surface area contributed by atoms with Crippen molar-refractivity contribution >= 4 is 34.7 Å². The van der Waals surface area contributed by atoms with Gasteiger partial charge in [0, 0.05) is 12.2 Å². The molecule has 0 bridgehead atoms. The number of rotatable bonds is 3. The Bertz CT molecular complexity index is 820. The molecule has 0 atom stereocenters. The molecule has 0 saturated heterocycles. The van der Waals surface area contributed by atoms with E-state index in [1.54, 1.807) is 12.3 Å². The number of hydrogen-bond donors (Lipinski definition) is 1. The summed E-state index contributed by atoms with van der Waals surface area (Å²) in [5, 5.41) is 4.75. The lowest BCUT2D eigenvalue weighted by Gasteiger charge is -2.24. The maximum atomic E-state index is 6.33. The van der Waals surface area contributed by atoms with Gasteiger partial charge in [0.2, 0.25) is 0 Å². The molecule has 6 heteroatoms. The summed E-state index contributed by atoms with van der Waals surface area (Å²) in [5.41, 5.74) is 1.45. The summed E-state index contributed by atoms with van der Waals surface area (Å²) in [6.07, 6.45) is 9.65. The van der Waals surface area contributed by atoms with Gasteiger partial charge >= 0.3 is 0 Å². The second-order valence-corrected chi connectivity index (χ2v) is 6.81. The Balaban J connectivity index is 1.85. The molecule has 23 heavy (non-hydrogen) atoms. The van der Waals surface area contributed by atoms with Crippen LogP contribution in [0.15, 0.2) is 35.1 Å². The first-order valence-corrected chi connectivity index (χ1v) is 8.65. The van der Waals surface area contributed by atoms with Gasteiger partial charge < -0.3 is 9.73 Å². The van der Waals surface area contributed by atoms with Crippen LogP contribution in [0.1, 0.15) is 32.1 Å². The lowest BCUT2D eigenvalue weighted by molar-refractivity contribution is 0.461. The molecular formula is C17H17Cl2N3O. The summed E-state index contributed by atoms with van der Waals surface area (Å²) < 4.78 is 7.48. The Morgan fingerprint density at radius 3 is 2.78 bits per heavy atom. The molecule has 120 valence electrons. The molecule has 0 aromatic carbocycles. The maximum Gasteiger partial charge on any atom is 0.158 e. The summed E-state index contributed by atoms with van der Waals surface area (Å²) in [4.78, 5) is 4.68. The highest BCUT2D eigenvalue weighted by Crippen LogP contribution is 2.34. The van der Waals surface area contributed by atoms with Crippen LogP contribution in [-0.4, -0.2) is 15.4 Å². The van der Waals surface area contributed by atoms with Crippen molar-refractivity contribution in [3.63, 3.8) is 0 Å². The highest BCUT2D eigenvalue weighted by molar-refractivity contribution is 6.36. The number of imidazole rings is 1.